The zero-order valence-corrected chi connectivity index (χ0v) is 16.8. The molecule has 28 heavy (non-hydrogen) atoms. The minimum absolute atomic E-state index is 0.0832. The number of amides is 1. The summed E-state index contributed by atoms with van der Waals surface area (Å²) in [4.78, 5) is 26.8. The highest BCUT2D eigenvalue weighted by Gasteiger charge is 2.40. The number of hydrogen-bond donors (Lipinski definition) is 0. The molecule has 2 atom stereocenters. The second kappa shape index (κ2) is 6.96. The summed E-state index contributed by atoms with van der Waals surface area (Å²) in [5.74, 6) is 1.32. The van der Waals surface area contributed by atoms with Crippen molar-refractivity contribution in [2.24, 2.45) is 5.92 Å². The van der Waals surface area contributed by atoms with Gasteiger partial charge in [-0.15, -0.1) is 0 Å². The van der Waals surface area contributed by atoms with Crippen LogP contribution in [0.3, 0.4) is 0 Å². The fraction of sp³-hybridized carbons (Fsp3) is 0.522. The van der Waals surface area contributed by atoms with Gasteiger partial charge in [0.05, 0.1) is 0 Å². The maximum absolute atomic E-state index is 13.3. The summed E-state index contributed by atoms with van der Waals surface area (Å²) in [6.45, 7) is 6.75. The first-order valence-electron chi connectivity index (χ1n) is 10.5. The van der Waals surface area contributed by atoms with E-state index in [4.69, 9.17) is 0 Å². The molecule has 1 aromatic carbocycles. The lowest BCUT2D eigenvalue weighted by Crippen LogP contribution is -2.48. The molecule has 2 aromatic rings. The monoisotopic (exact) mass is 376 g/mol. The van der Waals surface area contributed by atoms with E-state index in [9.17, 15) is 4.79 Å². The Labute approximate surface area is 166 Å². The molecule has 5 heteroatoms. The van der Waals surface area contributed by atoms with Crippen molar-refractivity contribution in [2.45, 2.75) is 51.6 Å². The fourth-order valence-electron chi connectivity index (χ4n) is 5.43. The Bertz CT molecular complexity index is 866. The zero-order chi connectivity index (χ0) is 19.3. The molecular weight excluding hydrogens is 348 g/mol. The van der Waals surface area contributed by atoms with E-state index < -0.39 is 0 Å². The number of rotatable bonds is 2. The smallest absolute Gasteiger partial charge is 0.272 e. The summed E-state index contributed by atoms with van der Waals surface area (Å²) in [5.41, 5.74) is 4.42. The molecule has 4 heterocycles. The molecule has 1 amide bonds. The van der Waals surface area contributed by atoms with E-state index in [2.05, 4.69) is 44.0 Å². The molecule has 0 saturated carbocycles. The summed E-state index contributed by atoms with van der Waals surface area (Å²) in [5, 5.41) is 0. The van der Waals surface area contributed by atoms with Gasteiger partial charge in [0.25, 0.3) is 5.91 Å². The molecule has 0 spiro atoms. The van der Waals surface area contributed by atoms with Crippen LogP contribution in [-0.4, -0.2) is 57.4 Å². The first kappa shape index (κ1) is 17.8. The Hall–Kier alpha value is -2.27. The van der Waals surface area contributed by atoms with Crippen molar-refractivity contribution in [3.05, 3.63) is 58.7 Å². The van der Waals surface area contributed by atoms with Crippen LogP contribution in [0.5, 0.6) is 0 Å². The van der Waals surface area contributed by atoms with Gasteiger partial charge in [0.1, 0.15) is 11.5 Å². The van der Waals surface area contributed by atoms with Gasteiger partial charge in [-0.1, -0.05) is 24.3 Å². The summed E-state index contributed by atoms with van der Waals surface area (Å²) in [6.07, 6.45) is 4.63. The van der Waals surface area contributed by atoms with Crippen LogP contribution in [0.15, 0.2) is 30.3 Å². The molecule has 1 aromatic heterocycles. The highest BCUT2D eigenvalue weighted by molar-refractivity contribution is 5.92. The molecule has 146 valence electrons. The normalized spacial score (nSPS) is 25.0. The van der Waals surface area contributed by atoms with Gasteiger partial charge >= 0.3 is 0 Å². The Morgan fingerprint density at radius 3 is 2.43 bits per heavy atom. The predicted molar refractivity (Wildman–Crippen MR) is 108 cm³/mol. The number of fused-ring (bicyclic) bond motifs is 5. The van der Waals surface area contributed by atoms with Crippen molar-refractivity contribution in [1.82, 2.24) is 19.8 Å². The van der Waals surface area contributed by atoms with Crippen LogP contribution in [0.2, 0.25) is 0 Å². The highest BCUT2D eigenvalue weighted by Crippen LogP contribution is 2.33. The van der Waals surface area contributed by atoms with Crippen molar-refractivity contribution in [1.29, 1.82) is 0 Å². The van der Waals surface area contributed by atoms with Crippen LogP contribution in [0, 0.1) is 19.8 Å². The molecule has 6 rings (SSSR count). The van der Waals surface area contributed by atoms with Crippen molar-refractivity contribution in [2.75, 3.05) is 19.6 Å². The number of benzene rings is 1. The van der Waals surface area contributed by atoms with E-state index in [1.165, 1.54) is 17.5 Å². The van der Waals surface area contributed by atoms with E-state index >= 15 is 0 Å². The molecule has 1 aliphatic carbocycles. The summed E-state index contributed by atoms with van der Waals surface area (Å²) in [7, 11) is 0. The molecule has 3 fully saturated rings. The van der Waals surface area contributed by atoms with Crippen LogP contribution in [0.25, 0.3) is 0 Å². The van der Waals surface area contributed by atoms with Gasteiger partial charge in [-0.05, 0) is 62.6 Å². The van der Waals surface area contributed by atoms with Crippen molar-refractivity contribution in [3.63, 3.8) is 0 Å². The molecule has 2 bridgehead atoms. The third kappa shape index (κ3) is 3.22. The van der Waals surface area contributed by atoms with Gasteiger partial charge in [-0.3, -0.25) is 9.69 Å². The molecule has 0 radical (unpaired) electrons. The van der Waals surface area contributed by atoms with Gasteiger partial charge in [0.2, 0.25) is 0 Å². The SMILES string of the molecule is Cc1cc(C(=O)N2C[C@H]3CC[C@@H]2CN(C2Cc4ccccc4C2)C3)nc(C)n1. The molecule has 0 unspecified atom stereocenters. The van der Waals surface area contributed by atoms with E-state index in [0.29, 0.717) is 29.5 Å². The van der Waals surface area contributed by atoms with E-state index in [0.717, 1.165) is 44.6 Å². The highest BCUT2D eigenvalue weighted by atomic mass is 16.2. The minimum atomic E-state index is 0.0832. The van der Waals surface area contributed by atoms with Crippen LogP contribution in [-0.2, 0) is 12.8 Å². The lowest BCUT2D eigenvalue weighted by Gasteiger charge is -2.36. The lowest BCUT2D eigenvalue weighted by molar-refractivity contribution is 0.0575. The Morgan fingerprint density at radius 1 is 0.964 bits per heavy atom. The average molecular weight is 377 g/mol. The molecule has 3 aliphatic heterocycles. The Kier molecular flexibility index (Phi) is 4.43. The summed E-state index contributed by atoms with van der Waals surface area (Å²) in [6, 6.07) is 11.6. The Balaban J connectivity index is 1.35. The van der Waals surface area contributed by atoms with Gasteiger partial charge < -0.3 is 4.90 Å². The number of hydrogen-bond acceptors (Lipinski definition) is 4. The largest absolute Gasteiger partial charge is 0.333 e. The number of carbonyl (C=O) groups is 1. The van der Waals surface area contributed by atoms with Gasteiger partial charge in [0.15, 0.2) is 0 Å². The molecular formula is C23H28N4O. The summed E-state index contributed by atoms with van der Waals surface area (Å²) < 4.78 is 0. The maximum Gasteiger partial charge on any atom is 0.272 e. The van der Waals surface area contributed by atoms with Gasteiger partial charge in [0, 0.05) is 37.4 Å². The van der Waals surface area contributed by atoms with Crippen molar-refractivity contribution in [3.8, 4) is 0 Å². The van der Waals surface area contributed by atoms with Gasteiger partial charge in [-0.25, -0.2) is 9.97 Å². The third-order valence-corrected chi connectivity index (χ3v) is 6.73. The fourth-order valence-corrected chi connectivity index (χ4v) is 5.43. The van der Waals surface area contributed by atoms with Crippen LogP contribution < -0.4 is 0 Å². The predicted octanol–water partition coefficient (Wildman–Crippen LogP) is 2.80. The summed E-state index contributed by atoms with van der Waals surface area (Å²) >= 11 is 0. The van der Waals surface area contributed by atoms with Crippen LogP contribution >= 0.6 is 0 Å². The third-order valence-electron chi connectivity index (χ3n) is 6.73. The first-order valence-corrected chi connectivity index (χ1v) is 10.5. The zero-order valence-electron chi connectivity index (χ0n) is 16.8. The topological polar surface area (TPSA) is 49.3 Å². The first-order chi connectivity index (χ1) is 13.6. The van der Waals surface area contributed by atoms with Crippen molar-refractivity contribution < 1.29 is 4.79 Å². The van der Waals surface area contributed by atoms with Crippen LogP contribution in [0.1, 0.15) is 46.0 Å². The molecule has 4 aliphatic rings. The Morgan fingerprint density at radius 2 is 1.71 bits per heavy atom. The lowest BCUT2D eigenvalue weighted by atomic mass is 9.94. The maximum atomic E-state index is 13.3. The second-order valence-corrected chi connectivity index (χ2v) is 8.78. The van der Waals surface area contributed by atoms with Gasteiger partial charge in [-0.2, -0.15) is 0 Å². The number of piperidine rings is 1. The number of carbonyl (C=O) groups excluding carboxylic acids is 1. The standard InChI is InChI=1S/C23H28N4O/c1-15-9-22(25-16(2)24-15)23(28)27-13-17-7-8-20(27)14-26(12-17)21-10-18-5-3-4-6-19(18)11-21/h3-6,9,17,20-21H,7-8,10-14H2,1-2H3/t17-,20+/m0/s1. The molecule has 3 saturated heterocycles. The van der Waals surface area contributed by atoms with E-state index in [1.54, 1.807) is 0 Å². The number of aryl methyl sites for hydroxylation is 2. The second-order valence-electron chi connectivity index (χ2n) is 8.78. The minimum Gasteiger partial charge on any atom is -0.333 e. The van der Waals surface area contributed by atoms with Crippen LogP contribution in [0.4, 0.5) is 0 Å². The van der Waals surface area contributed by atoms with Crippen molar-refractivity contribution >= 4 is 5.91 Å². The number of nitrogens with zero attached hydrogens (tertiary/aromatic N) is 4. The number of aromatic nitrogens is 2. The quantitative estimate of drug-likeness (QED) is 0.809. The molecule has 5 nitrogen and oxygen atoms in total. The van der Waals surface area contributed by atoms with E-state index in [-0.39, 0.29) is 5.91 Å². The van der Waals surface area contributed by atoms with E-state index in [1.807, 2.05) is 19.9 Å². The molecule has 0 N–H and O–H groups in total. The average Bonchev–Trinajstić information content (AvgIpc) is 2.90.